The Morgan fingerprint density at radius 1 is 1.38 bits per heavy atom. The molecule has 21 heavy (non-hydrogen) atoms. The Kier molecular flexibility index (Phi) is 4.55. The minimum absolute atomic E-state index is 0.184. The second kappa shape index (κ2) is 6.04. The molecule has 0 spiro atoms. The molecule has 0 aliphatic heterocycles. The molecule has 0 saturated heterocycles. The molecule has 2 aromatic rings. The Labute approximate surface area is 134 Å². The largest absolute Gasteiger partial charge is 0.409 e. The highest BCUT2D eigenvalue weighted by molar-refractivity contribution is 9.10. The normalized spacial score (nSPS) is 12.4. The fourth-order valence-corrected chi connectivity index (χ4v) is 4.35. The molecule has 9 heteroatoms. The van der Waals surface area contributed by atoms with E-state index in [2.05, 4.69) is 25.8 Å². The second-order valence-electron chi connectivity index (χ2n) is 4.15. The van der Waals surface area contributed by atoms with Crippen molar-refractivity contribution in [1.82, 2.24) is 0 Å². The fraction of sp³-hybridized carbons (Fsp3) is 0.0833. The van der Waals surface area contributed by atoms with Crippen molar-refractivity contribution in [2.75, 3.05) is 4.72 Å². The van der Waals surface area contributed by atoms with E-state index in [9.17, 15) is 8.42 Å². The van der Waals surface area contributed by atoms with Crippen LogP contribution in [-0.4, -0.2) is 19.5 Å². The number of thiophene rings is 1. The van der Waals surface area contributed by atoms with Crippen LogP contribution >= 0.6 is 27.3 Å². The number of amidine groups is 1. The summed E-state index contributed by atoms with van der Waals surface area (Å²) in [5, 5.41) is 11.7. The molecule has 1 heterocycles. The van der Waals surface area contributed by atoms with Crippen LogP contribution in [0, 0.1) is 6.92 Å². The number of benzene rings is 1. The Morgan fingerprint density at radius 3 is 2.67 bits per heavy atom. The highest BCUT2D eigenvalue weighted by Gasteiger charge is 2.19. The molecular weight excluding hydrogens is 378 g/mol. The van der Waals surface area contributed by atoms with Gasteiger partial charge >= 0.3 is 0 Å². The van der Waals surface area contributed by atoms with Gasteiger partial charge in [0.1, 0.15) is 4.21 Å². The third-order valence-electron chi connectivity index (χ3n) is 2.59. The molecule has 6 nitrogen and oxygen atoms in total. The van der Waals surface area contributed by atoms with Crippen molar-refractivity contribution in [2.24, 2.45) is 10.9 Å². The van der Waals surface area contributed by atoms with Gasteiger partial charge in [-0.3, -0.25) is 4.72 Å². The Bertz CT molecular complexity index is 800. The monoisotopic (exact) mass is 389 g/mol. The SMILES string of the molecule is Cc1ccc(S(=O)(=O)Nc2ccc(Br)cc2/C(N)=N/O)s1. The summed E-state index contributed by atoms with van der Waals surface area (Å²) in [4.78, 5) is 0.892. The molecule has 0 atom stereocenters. The molecule has 0 amide bonds. The molecule has 2 rings (SSSR count). The van der Waals surface area contributed by atoms with Gasteiger partial charge in [0.05, 0.1) is 5.69 Å². The van der Waals surface area contributed by atoms with E-state index in [1.54, 1.807) is 18.2 Å². The van der Waals surface area contributed by atoms with Gasteiger partial charge in [-0.15, -0.1) is 11.3 Å². The standard InChI is InChI=1S/C12H12BrN3O3S2/c1-7-2-5-11(20-7)21(18,19)16-10-4-3-8(13)6-9(10)12(14)15-17/h2-6,16-17H,1H3,(H2,14,15). The molecular formula is C12H12BrN3O3S2. The lowest BCUT2D eigenvalue weighted by Gasteiger charge is -2.11. The van der Waals surface area contributed by atoms with Crippen molar-refractivity contribution < 1.29 is 13.6 Å². The quantitative estimate of drug-likeness (QED) is 0.323. The molecule has 0 bridgehead atoms. The Hall–Kier alpha value is -1.58. The molecule has 112 valence electrons. The van der Waals surface area contributed by atoms with Crippen LogP contribution in [0.25, 0.3) is 0 Å². The van der Waals surface area contributed by atoms with Crippen LogP contribution in [0.5, 0.6) is 0 Å². The van der Waals surface area contributed by atoms with Gasteiger partial charge in [-0.1, -0.05) is 21.1 Å². The van der Waals surface area contributed by atoms with E-state index in [0.29, 0.717) is 4.47 Å². The number of hydrogen-bond donors (Lipinski definition) is 3. The van der Waals surface area contributed by atoms with Gasteiger partial charge in [-0.2, -0.15) is 0 Å². The predicted octanol–water partition coefficient (Wildman–Crippen LogP) is 2.71. The maximum atomic E-state index is 12.3. The lowest BCUT2D eigenvalue weighted by atomic mass is 10.2. The van der Waals surface area contributed by atoms with Gasteiger partial charge in [0, 0.05) is 14.9 Å². The van der Waals surface area contributed by atoms with Crippen LogP contribution in [0.15, 0.2) is 44.2 Å². The van der Waals surface area contributed by atoms with Crippen molar-refractivity contribution in [1.29, 1.82) is 0 Å². The Balaban J connectivity index is 2.44. The molecule has 4 N–H and O–H groups in total. The molecule has 0 saturated carbocycles. The van der Waals surface area contributed by atoms with Crippen LogP contribution in [-0.2, 0) is 10.0 Å². The zero-order valence-electron chi connectivity index (χ0n) is 10.9. The van der Waals surface area contributed by atoms with E-state index in [4.69, 9.17) is 10.9 Å². The highest BCUT2D eigenvalue weighted by atomic mass is 79.9. The van der Waals surface area contributed by atoms with Crippen LogP contribution in [0.2, 0.25) is 0 Å². The van der Waals surface area contributed by atoms with E-state index >= 15 is 0 Å². The number of oxime groups is 1. The summed E-state index contributed by atoms with van der Waals surface area (Å²) in [7, 11) is -3.71. The van der Waals surface area contributed by atoms with E-state index in [-0.39, 0.29) is 21.3 Å². The molecule has 0 fully saturated rings. The number of rotatable bonds is 4. The van der Waals surface area contributed by atoms with E-state index in [0.717, 1.165) is 4.88 Å². The number of sulfonamides is 1. The summed E-state index contributed by atoms with van der Waals surface area (Å²) in [5.74, 6) is -0.184. The topological polar surface area (TPSA) is 105 Å². The van der Waals surface area contributed by atoms with Crippen molar-refractivity contribution in [3.63, 3.8) is 0 Å². The van der Waals surface area contributed by atoms with Gasteiger partial charge in [0.15, 0.2) is 5.84 Å². The molecule has 1 aromatic carbocycles. The van der Waals surface area contributed by atoms with E-state index in [1.165, 1.54) is 23.5 Å². The van der Waals surface area contributed by atoms with Gasteiger partial charge in [0.2, 0.25) is 0 Å². The molecule has 0 aliphatic rings. The summed E-state index contributed by atoms with van der Waals surface area (Å²) in [6, 6.07) is 8.02. The van der Waals surface area contributed by atoms with Gasteiger partial charge in [-0.25, -0.2) is 8.42 Å². The van der Waals surface area contributed by atoms with Crippen molar-refractivity contribution in [3.05, 3.63) is 45.2 Å². The third kappa shape index (κ3) is 3.55. The number of hydrogen-bond acceptors (Lipinski definition) is 5. The number of halogens is 1. The van der Waals surface area contributed by atoms with Crippen LogP contribution < -0.4 is 10.5 Å². The second-order valence-corrected chi connectivity index (χ2v) is 8.26. The van der Waals surface area contributed by atoms with Crippen molar-refractivity contribution in [3.8, 4) is 0 Å². The number of nitrogens with zero attached hydrogens (tertiary/aromatic N) is 1. The van der Waals surface area contributed by atoms with Crippen molar-refractivity contribution >= 4 is 48.8 Å². The minimum Gasteiger partial charge on any atom is -0.409 e. The number of aryl methyl sites for hydroxylation is 1. The summed E-state index contributed by atoms with van der Waals surface area (Å²) >= 11 is 4.42. The van der Waals surface area contributed by atoms with E-state index in [1.807, 2.05) is 6.92 Å². The summed E-state index contributed by atoms with van der Waals surface area (Å²) in [5.41, 5.74) is 6.09. The number of nitrogens with two attached hydrogens (primary N) is 1. The van der Waals surface area contributed by atoms with Gasteiger partial charge in [-0.05, 0) is 37.3 Å². The average molecular weight is 390 g/mol. The van der Waals surface area contributed by atoms with Crippen LogP contribution in [0.3, 0.4) is 0 Å². The van der Waals surface area contributed by atoms with Crippen molar-refractivity contribution in [2.45, 2.75) is 11.1 Å². The first-order valence-electron chi connectivity index (χ1n) is 5.70. The summed E-state index contributed by atoms with van der Waals surface area (Å²) in [6.45, 7) is 1.82. The first-order chi connectivity index (χ1) is 9.83. The minimum atomic E-state index is -3.71. The first kappa shape index (κ1) is 15.8. The number of anilines is 1. The zero-order chi connectivity index (χ0) is 15.6. The summed E-state index contributed by atoms with van der Waals surface area (Å²) < 4.78 is 27.9. The van der Waals surface area contributed by atoms with Gasteiger partial charge in [0.25, 0.3) is 10.0 Å². The summed E-state index contributed by atoms with van der Waals surface area (Å²) in [6.07, 6.45) is 0. The average Bonchev–Trinajstić information content (AvgIpc) is 2.87. The fourth-order valence-electron chi connectivity index (χ4n) is 1.62. The molecule has 0 aliphatic carbocycles. The first-order valence-corrected chi connectivity index (χ1v) is 8.79. The zero-order valence-corrected chi connectivity index (χ0v) is 14.1. The lowest BCUT2D eigenvalue weighted by molar-refractivity contribution is 0.318. The molecule has 0 radical (unpaired) electrons. The predicted molar refractivity (Wildman–Crippen MR) is 86.5 cm³/mol. The van der Waals surface area contributed by atoms with Crippen LogP contribution in [0.1, 0.15) is 10.4 Å². The smallest absolute Gasteiger partial charge is 0.271 e. The maximum absolute atomic E-state index is 12.3. The lowest BCUT2D eigenvalue weighted by Crippen LogP contribution is -2.19. The van der Waals surface area contributed by atoms with E-state index < -0.39 is 10.0 Å². The maximum Gasteiger partial charge on any atom is 0.271 e. The molecule has 0 unspecified atom stereocenters. The Morgan fingerprint density at radius 2 is 2.10 bits per heavy atom. The third-order valence-corrected chi connectivity index (χ3v) is 5.94. The number of nitrogens with one attached hydrogen (secondary N) is 1. The van der Waals surface area contributed by atoms with Crippen LogP contribution in [0.4, 0.5) is 5.69 Å². The molecule has 1 aromatic heterocycles. The van der Waals surface area contributed by atoms with Gasteiger partial charge < -0.3 is 10.9 Å². The highest BCUT2D eigenvalue weighted by Crippen LogP contribution is 2.26.